The van der Waals surface area contributed by atoms with Gasteiger partial charge in [0.25, 0.3) is 0 Å². The van der Waals surface area contributed by atoms with Gasteiger partial charge in [-0.05, 0) is 42.7 Å². The summed E-state index contributed by atoms with van der Waals surface area (Å²) < 4.78 is 5.79. The Kier molecular flexibility index (Phi) is 3.33. The minimum absolute atomic E-state index is 0.603. The highest BCUT2D eigenvalue weighted by molar-refractivity contribution is 5.78. The molecule has 0 fully saturated rings. The van der Waals surface area contributed by atoms with Gasteiger partial charge in [-0.25, -0.2) is 0 Å². The largest absolute Gasteiger partial charge is 0.458 e. The fourth-order valence-corrected chi connectivity index (χ4v) is 2.59. The van der Waals surface area contributed by atoms with Crippen LogP contribution in [0.25, 0.3) is 11.0 Å². The number of benzene rings is 2. The van der Waals surface area contributed by atoms with Crippen molar-refractivity contribution in [1.29, 1.82) is 0 Å². The van der Waals surface area contributed by atoms with Gasteiger partial charge in [-0.3, -0.25) is 0 Å². The van der Waals surface area contributed by atoms with E-state index < -0.39 is 6.10 Å². The smallest absolute Gasteiger partial charge is 0.138 e. The summed E-state index contributed by atoms with van der Waals surface area (Å²) in [4.78, 5) is 0. The predicted molar refractivity (Wildman–Crippen MR) is 80.8 cm³/mol. The minimum Gasteiger partial charge on any atom is -0.458 e. The lowest BCUT2D eigenvalue weighted by molar-refractivity contribution is 0.191. The summed E-state index contributed by atoms with van der Waals surface area (Å²) >= 11 is 0. The maximum atomic E-state index is 10.6. The first-order valence-corrected chi connectivity index (χ1v) is 6.95. The summed E-state index contributed by atoms with van der Waals surface area (Å²) in [7, 11) is 0. The van der Waals surface area contributed by atoms with Crippen LogP contribution in [0.3, 0.4) is 0 Å². The van der Waals surface area contributed by atoms with Gasteiger partial charge >= 0.3 is 0 Å². The molecule has 0 radical (unpaired) electrons. The van der Waals surface area contributed by atoms with Gasteiger partial charge < -0.3 is 9.52 Å². The van der Waals surface area contributed by atoms with Crippen LogP contribution in [0.1, 0.15) is 35.5 Å². The molecule has 1 aromatic heterocycles. The molecule has 102 valence electrons. The van der Waals surface area contributed by atoms with Crippen LogP contribution in [0, 0.1) is 6.92 Å². The summed E-state index contributed by atoms with van der Waals surface area (Å²) in [6, 6.07) is 15.9. The Morgan fingerprint density at radius 3 is 2.70 bits per heavy atom. The van der Waals surface area contributed by atoms with Crippen molar-refractivity contribution in [1.82, 2.24) is 0 Å². The molecular formula is C18H18O2. The molecule has 2 heteroatoms. The van der Waals surface area contributed by atoms with Crippen LogP contribution in [0.4, 0.5) is 0 Å². The van der Waals surface area contributed by atoms with E-state index in [0.29, 0.717) is 5.76 Å². The Labute approximate surface area is 118 Å². The van der Waals surface area contributed by atoms with Gasteiger partial charge in [-0.1, -0.05) is 42.8 Å². The third kappa shape index (κ3) is 2.23. The molecule has 0 aliphatic rings. The normalized spacial score (nSPS) is 12.8. The van der Waals surface area contributed by atoms with E-state index in [1.165, 1.54) is 5.56 Å². The average molecular weight is 266 g/mol. The first-order valence-electron chi connectivity index (χ1n) is 6.95. The van der Waals surface area contributed by atoms with Crippen LogP contribution in [0.2, 0.25) is 0 Å². The van der Waals surface area contributed by atoms with Crippen molar-refractivity contribution in [3.05, 3.63) is 71.0 Å². The van der Waals surface area contributed by atoms with Crippen molar-refractivity contribution < 1.29 is 9.52 Å². The van der Waals surface area contributed by atoms with Crippen molar-refractivity contribution >= 4 is 11.0 Å². The molecule has 1 unspecified atom stereocenters. The number of fused-ring (bicyclic) bond motifs is 1. The summed E-state index contributed by atoms with van der Waals surface area (Å²) in [5.41, 5.74) is 4.08. The number of hydrogen-bond donors (Lipinski definition) is 1. The predicted octanol–water partition coefficient (Wildman–Crippen LogP) is 4.39. The Morgan fingerprint density at radius 1 is 1.10 bits per heavy atom. The van der Waals surface area contributed by atoms with Crippen molar-refractivity contribution in [3.8, 4) is 0 Å². The zero-order valence-electron chi connectivity index (χ0n) is 11.8. The van der Waals surface area contributed by atoms with Crippen molar-refractivity contribution in [2.75, 3.05) is 0 Å². The summed E-state index contributed by atoms with van der Waals surface area (Å²) in [5, 5.41) is 11.6. The van der Waals surface area contributed by atoms with Crippen molar-refractivity contribution in [2.24, 2.45) is 0 Å². The summed E-state index contributed by atoms with van der Waals surface area (Å²) in [5.74, 6) is 0.603. The van der Waals surface area contributed by atoms with Crippen LogP contribution >= 0.6 is 0 Å². The molecule has 1 heterocycles. The van der Waals surface area contributed by atoms with Gasteiger partial charge in [0.1, 0.15) is 17.4 Å². The van der Waals surface area contributed by atoms with E-state index in [9.17, 15) is 5.11 Å². The van der Waals surface area contributed by atoms with E-state index in [0.717, 1.165) is 28.5 Å². The number of aliphatic hydroxyl groups excluding tert-OH is 1. The second kappa shape index (κ2) is 5.14. The molecule has 1 atom stereocenters. The zero-order valence-corrected chi connectivity index (χ0v) is 11.8. The number of aliphatic hydroxyl groups is 1. The SMILES string of the molecule is CCc1ccccc1C(O)c1cc2cc(C)ccc2o1. The van der Waals surface area contributed by atoms with Crippen molar-refractivity contribution in [3.63, 3.8) is 0 Å². The standard InChI is InChI=1S/C18H18O2/c1-3-13-6-4-5-7-15(13)18(19)17-11-14-10-12(2)8-9-16(14)20-17/h4-11,18-19H,3H2,1-2H3. The highest BCUT2D eigenvalue weighted by Crippen LogP contribution is 2.30. The molecule has 2 aromatic carbocycles. The van der Waals surface area contributed by atoms with Gasteiger partial charge in [0.2, 0.25) is 0 Å². The lowest BCUT2D eigenvalue weighted by Crippen LogP contribution is -2.01. The van der Waals surface area contributed by atoms with Gasteiger partial charge in [0.15, 0.2) is 0 Å². The maximum absolute atomic E-state index is 10.6. The fraction of sp³-hybridized carbons (Fsp3) is 0.222. The lowest BCUT2D eigenvalue weighted by Gasteiger charge is -2.12. The molecule has 3 aromatic rings. The molecule has 0 aliphatic carbocycles. The first kappa shape index (κ1) is 12.9. The van der Waals surface area contributed by atoms with Gasteiger partial charge in [0.05, 0.1) is 0 Å². The molecule has 0 spiro atoms. The molecule has 0 amide bonds. The van der Waals surface area contributed by atoms with E-state index in [1.54, 1.807) is 0 Å². The molecule has 20 heavy (non-hydrogen) atoms. The Bertz CT molecular complexity index is 740. The lowest BCUT2D eigenvalue weighted by atomic mass is 9.99. The molecule has 3 rings (SSSR count). The summed E-state index contributed by atoms with van der Waals surface area (Å²) in [6.07, 6.45) is 0.186. The van der Waals surface area contributed by atoms with Crippen LogP contribution in [-0.2, 0) is 6.42 Å². The van der Waals surface area contributed by atoms with Crippen LogP contribution in [-0.4, -0.2) is 5.11 Å². The van der Waals surface area contributed by atoms with E-state index in [1.807, 2.05) is 42.5 Å². The second-order valence-corrected chi connectivity index (χ2v) is 5.14. The van der Waals surface area contributed by atoms with Crippen LogP contribution in [0.15, 0.2) is 52.9 Å². The molecule has 0 aliphatic heterocycles. The van der Waals surface area contributed by atoms with E-state index in [2.05, 4.69) is 19.9 Å². The fourth-order valence-electron chi connectivity index (χ4n) is 2.59. The van der Waals surface area contributed by atoms with Crippen LogP contribution in [0.5, 0.6) is 0 Å². The third-order valence-corrected chi connectivity index (χ3v) is 3.69. The van der Waals surface area contributed by atoms with Crippen LogP contribution < -0.4 is 0 Å². The van der Waals surface area contributed by atoms with Gasteiger partial charge in [-0.2, -0.15) is 0 Å². The quantitative estimate of drug-likeness (QED) is 0.763. The highest BCUT2D eigenvalue weighted by Gasteiger charge is 2.17. The third-order valence-electron chi connectivity index (χ3n) is 3.69. The number of furan rings is 1. The number of rotatable bonds is 3. The van der Waals surface area contributed by atoms with E-state index in [-0.39, 0.29) is 0 Å². The second-order valence-electron chi connectivity index (χ2n) is 5.14. The topological polar surface area (TPSA) is 33.4 Å². The number of aryl methyl sites for hydroxylation is 2. The van der Waals surface area contributed by atoms with Gasteiger partial charge in [-0.15, -0.1) is 0 Å². The molecule has 0 saturated carbocycles. The molecule has 2 nitrogen and oxygen atoms in total. The van der Waals surface area contributed by atoms with Crippen molar-refractivity contribution in [2.45, 2.75) is 26.4 Å². The molecule has 0 bridgehead atoms. The zero-order chi connectivity index (χ0) is 14.1. The number of hydrogen-bond acceptors (Lipinski definition) is 2. The maximum Gasteiger partial charge on any atom is 0.138 e. The monoisotopic (exact) mass is 266 g/mol. The molecular weight excluding hydrogens is 248 g/mol. The average Bonchev–Trinajstić information content (AvgIpc) is 2.89. The Balaban J connectivity index is 2.05. The summed E-state index contributed by atoms with van der Waals surface area (Å²) in [6.45, 7) is 4.14. The minimum atomic E-state index is -0.709. The molecule has 0 saturated heterocycles. The first-order chi connectivity index (χ1) is 9.69. The van der Waals surface area contributed by atoms with E-state index in [4.69, 9.17) is 4.42 Å². The Hall–Kier alpha value is -2.06. The van der Waals surface area contributed by atoms with E-state index >= 15 is 0 Å². The highest BCUT2D eigenvalue weighted by atomic mass is 16.4. The Morgan fingerprint density at radius 2 is 1.90 bits per heavy atom. The molecule has 1 N–H and O–H groups in total. The van der Waals surface area contributed by atoms with Gasteiger partial charge in [0, 0.05) is 5.39 Å².